The predicted molar refractivity (Wildman–Crippen MR) is 91.2 cm³/mol. The SMILES string of the molecule is CC(C)(C)C[C@@H]1CCN(C(=O)c2cccn3cncc23)C[C@H]1N. The minimum atomic E-state index is 0.0524. The Bertz CT molecular complexity index is 700. The molecule has 0 aromatic carbocycles. The van der Waals surface area contributed by atoms with Crippen LogP contribution in [-0.4, -0.2) is 39.3 Å². The lowest BCUT2D eigenvalue weighted by Crippen LogP contribution is -2.51. The van der Waals surface area contributed by atoms with Crippen molar-refractivity contribution in [3.05, 3.63) is 36.4 Å². The highest BCUT2D eigenvalue weighted by atomic mass is 16.2. The number of aromatic nitrogens is 2. The fourth-order valence-corrected chi connectivity index (χ4v) is 3.56. The second-order valence-corrected chi connectivity index (χ2v) is 7.84. The van der Waals surface area contributed by atoms with Crippen molar-refractivity contribution in [2.75, 3.05) is 13.1 Å². The third kappa shape index (κ3) is 3.39. The molecule has 3 heterocycles. The molecule has 0 unspecified atom stereocenters. The van der Waals surface area contributed by atoms with Gasteiger partial charge in [-0.25, -0.2) is 4.98 Å². The highest BCUT2D eigenvalue weighted by Gasteiger charge is 2.32. The monoisotopic (exact) mass is 314 g/mol. The molecule has 2 atom stereocenters. The first kappa shape index (κ1) is 16.0. The molecule has 0 aliphatic carbocycles. The van der Waals surface area contributed by atoms with Crippen LogP contribution in [0.4, 0.5) is 0 Å². The number of hydrogen-bond donors (Lipinski definition) is 1. The van der Waals surface area contributed by atoms with Crippen LogP contribution in [0.3, 0.4) is 0 Å². The summed E-state index contributed by atoms with van der Waals surface area (Å²) in [5.41, 5.74) is 8.20. The number of likely N-dealkylation sites (tertiary alicyclic amines) is 1. The minimum Gasteiger partial charge on any atom is -0.337 e. The zero-order valence-corrected chi connectivity index (χ0v) is 14.2. The van der Waals surface area contributed by atoms with E-state index in [-0.39, 0.29) is 17.4 Å². The van der Waals surface area contributed by atoms with E-state index in [1.165, 1.54) is 0 Å². The van der Waals surface area contributed by atoms with Gasteiger partial charge in [-0.05, 0) is 36.3 Å². The second-order valence-electron chi connectivity index (χ2n) is 7.84. The number of carbonyl (C=O) groups excluding carboxylic acids is 1. The molecule has 1 fully saturated rings. The van der Waals surface area contributed by atoms with Crippen molar-refractivity contribution < 1.29 is 4.79 Å². The van der Waals surface area contributed by atoms with Crippen molar-refractivity contribution in [2.45, 2.75) is 39.7 Å². The molecule has 3 rings (SSSR count). The van der Waals surface area contributed by atoms with Crippen molar-refractivity contribution >= 4 is 11.4 Å². The summed E-state index contributed by atoms with van der Waals surface area (Å²) in [6, 6.07) is 3.80. The van der Waals surface area contributed by atoms with Gasteiger partial charge in [0.25, 0.3) is 5.91 Å². The number of imidazole rings is 1. The Labute approximate surface area is 137 Å². The van der Waals surface area contributed by atoms with E-state index in [9.17, 15) is 4.79 Å². The van der Waals surface area contributed by atoms with E-state index in [0.29, 0.717) is 18.0 Å². The standard InChI is InChI=1S/C18H26N4O/c1-18(2,3)9-13-6-8-21(11-15(13)19)17(23)14-5-4-7-22-12-20-10-16(14)22/h4-5,7,10,12-13,15H,6,8-9,11,19H2,1-3H3/t13-,15+/m0/s1. The number of hydrogen-bond acceptors (Lipinski definition) is 3. The number of amides is 1. The van der Waals surface area contributed by atoms with Crippen molar-refractivity contribution in [3.63, 3.8) is 0 Å². The van der Waals surface area contributed by atoms with Gasteiger partial charge in [-0.15, -0.1) is 0 Å². The number of fused-ring (bicyclic) bond motifs is 1. The molecule has 0 bridgehead atoms. The molecule has 1 aliphatic rings. The molecular formula is C18H26N4O. The Hall–Kier alpha value is -1.88. The van der Waals surface area contributed by atoms with Crippen LogP contribution in [0.25, 0.3) is 5.52 Å². The predicted octanol–water partition coefficient (Wildman–Crippen LogP) is 2.56. The van der Waals surface area contributed by atoms with Crippen LogP contribution in [0.1, 0.15) is 44.0 Å². The van der Waals surface area contributed by atoms with E-state index in [4.69, 9.17) is 5.73 Å². The molecule has 0 radical (unpaired) electrons. The van der Waals surface area contributed by atoms with Gasteiger partial charge in [0.15, 0.2) is 0 Å². The van der Waals surface area contributed by atoms with Gasteiger partial charge in [0.1, 0.15) is 0 Å². The van der Waals surface area contributed by atoms with Gasteiger partial charge in [-0.1, -0.05) is 20.8 Å². The number of piperidine rings is 1. The summed E-state index contributed by atoms with van der Waals surface area (Å²) in [4.78, 5) is 18.9. The molecule has 2 N–H and O–H groups in total. The largest absolute Gasteiger partial charge is 0.337 e. The van der Waals surface area contributed by atoms with Gasteiger partial charge in [-0.3, -0.25) is 4.79 Å². The number of nitrogens with zero attached hydrogens (tertiary/aromatic N) is 3. The first-order valence-corrected chi connectivity index (χ1v) is 8.31. The van der Waals surface area contributed by atoms with E-state index < -0.39 is 0 Å². The summed E-state index contributed by atoms with van der Waals surface area (Å²) >= 11 is 0. The molecule has 2 aromatic rings. The fourth-order valence-electron chi connectivity index (χ4n) is 3.56. The Morgan fingerprint density at radius 3 is 2.91 bits per heavy atom. The lowest BCUT2D eigenvalue weighted by atomic mass is 9.78. The fraction of sp³-hybridized carbons (Fsp3) is 0.556. The summed E-state index contributed by atoms with van der Waals surface area (Å²) in [5.74, 6) is 0.547. The minimum absolute atomic E-state index is 0.0524. The molecular weight excluding hydrogens is 288 g/mol. The third-order valence-corrected chi connectivity index (χ3v) is 4.65. The molecule has 2 aromatic heterocycles. The smallest absolute Gasteiger partial charge is 0.256 e. The number of nitrogens with two attached hydrogens (primary N) is 1. The third-order valence-electron chi connectivity index (χ3n) is 4.65. The molecule has 1 amide bonds. The molecule has 5 nitrogen and oxygen atoms in total. The quantitative estimate of drug-likeness (QED) is 0.926. The molecule has 1 saturated heterocycles. The van der Waals surface area contributed by atoms with Gasteiger partial charge in [0.05, 0.1) is 23.6 Å². The normalized spacial score (nSPS) is 22.5. The first-order chi connectivity index (χ1) is 10.8. The van der Waals surface area contributed by atoms with Crippen LogP contribution in [-0.2, 0) is 0 Å². The van der Waals surface area contributed by atoms with Crippen LogP contribution in [0.15, 0.2) is 30.9 Å². The summed E-state index contributed by atoms with van der Waals surface area (Å²) in [5, 5.41) is 0. The van der Waals surface area contributed by atoms with E-state index in [2.05, 4.69) is 25.8 Å². The summed E-state index contributed by atoms with van der Waals surface area (Å²) in [6.07, 6.45) is 7.44. The van der Waals surface area contributed by atoms with Gasteiger partial charge in [-0.2, -0.15) is 0 Å². The maximum atomic E-state index is 12.9. The van der Waals surface area contributed by atoms with Crippen molar-refractivity contribution in [2.24, 2.45) is 17.1 Å². The Morgan fingerprint density at radius 2 is 2.22 bits per heavy atom. The van der Waals surface area contributed by atoms with Gasteiger partial charge in [0, 0.05) is 25.3 Å². The molecule has 124 valence electrons. The number of carbonyl (C=O) groups is 1. The van der Waals surface area contributed by atoms with E-state index in [0.717, 1.165) is 24.9 Å². The maximum Gasteiger partial charge on any atom is 0.256 e. The Morgan fingerprint density at radius 1 is 1.43 bits per heavy atom. The Balaban J connectivity index is 1.74. The average molecular weight is 314 g/mol. The highest BCUT2D eigenvalue weighted by Crippen LogP contribution is 2.31. The number of pyridine rings is 1. The van der Waals surface area contributed by atoms with Crippen molar-refractivity contribution in [1.29, 1.82) is 0 Å². The zero-order chi connectivity index (χ0) is 16.6. The Kier molecular flexibility index (Phi) is 4.15. The first-order valence-electron chi connectivity index (χ1n) is 8.31. The van der Waals surface area contributed by atoms with Crippen LogP contribution < -0.4 is 5.73 Å². The zero-order valence-electron chi connectivity index (χ0n) is 14.2. The van der Waals surface area contributed by atoms with Crippen LogP contribution in [0, 0.1) is 11.3 Å². The van der Waals surface area contributed by atoms with Crippen LogP contribution in [0.2, 0.25) is 0 Å². The summed E-state index contributed by atoms with van der Waals surface area (Å²) in [7, 11) is 0. The van der Waals surface area contributed by atoms with E-state index >= 15 is 0 Å². The lowest BCUT2D eigenvalue weighted by molar-refractivity contribution is 0.0636. The highest BCUT2D eigenvalue weighted by molar-refractivity contribution is 6.00. The summed E-state index contributed by atoms with van der Waals surface area (Å²) in [6.45, 7) is 8.16. The summed E-state index contributed by atoms with van der Waals surface area (Å²) < 4.78 is 1.87. The molecule has 5 heteroatoms. The molecule has 0 spiro atoms. The topological polar surface area (TPSA) is 63.6 Å². The van der Waals surface area contributed by atoms with E-state index in [1.807, 2.05) is 27.6 Å². The molecule has 23 heavy (non-hydrogen) atoms. The molecule has 1 aliphatic heterocycles. The van der Waals surface area contributed by atoms with Gasteiger partial charge >= 0.3 is 0 Å². The van der Waals surface area contributed by atoms with Crippen LogP contribution >= 0.6 is 0 Å². The van der Waals surface area contributed by atoms with E-state index in [1.54, 1.807) is 12.5 Å². The van der Waals surface area contributed by atoms with Crippen LogP contribution in [0.5, 0.6) is 0 Å². The maximum absolute atomic E-state index is 12.9. The van der Waals surface area contributed by atoms with Gasteiger partial charge < -0.3 is 15.0 Å². The van der Waals surface area contributed by atoms with Gasteiger partial charge in [0.2, 0.25) is 0 Å². The van der Waals surface area contributed by atoms with Crippen molar-refractivity contribution in [1.82, 2.24) is 14.3 Å². The average Bonchev–Trinajstić information content (AvgIpc) is 2.95. The molecule has 0 saturated carbocycles. The second kappa shape index (κ2) is 5.96. The van der Waals surface area contributed by atoms with Crippen molar-refractivity contribution in [3.8, 4) is 0 Å². The number of rotatable bonds is 2. The lowest BCUT2D eigenvalue weighted by Gasteiger charge is -2.39.